The van der Waals surface area contributed by atoms with Crippen LogP contribution in [0, 0.1) is 0 Å². The van der Waals surface area contributed by atoms with Crippen LogP contribution in [0.25, 0.3) is 0 Å². The van der Waals surface area contributed by atoms with Gasteiger partial charge in [-0.3, -0.25) is 9.48 Å². The topological polar surface area (TPSA) is 93.5 Å². The van der Waals surface area contributed by atoms with Gasteiger partial charge in [0, 0.05) is 31.5 Å². The molecule has 1 N–H and O–H groups in total. The number of nitrogens with one attached hydrogen (secondary N) is 1. The summed E-state index contributed by atoms with van der Waals surface area (Å²) in [5.74, 6) is -0.288. The molecule has 1 amide bonds. The van der Waals surface area contributed by atoms with E-state index in [2.05, 4.69) is 10.4 Å². The first-order valence-electron chi connectivity index (χ1n) is 8.02. The summed E-state index contributed by atoms with van der Waals surface area (Å²) >= 11 is 0. The minimum Gasteiger partial charge on any atom is -0.379 e. The highest BCUT2D eigenvalue weighted by Gasteiger charge is 2.26. The first-order valence-corrected chi connectivity index (χ1v) is 9.46. The van der Waals surface area contributed by atoms with E-state index in [1.54, 1.807) is 23.0 Å². The molecule has 0 unspecified atom stereocenters. The summed E-state index contributed by atoms with van der Waals surface area (Å²) in [6, 6.07) is 6.15. The number of morpholine rings is 1. The third-order valence-corrected chi connectivity index (χ3v) is 5.85. The van der Waals surface area contributed by atoms with E-state index < -0.39 is 10.0 Å². The van der Waals surface area contributed by atoms with Crippen LogP contribution in [0.1, 0.15) is 17.3 Å². The van der Waals surface area contributed by atoms with Crippen LogP contribution in [0.4, 0.5) is 5.69 Å². The lowest BCUT2D eigenvalue weighted by Gasteiger charge is -2.26. The van der Waals surface area contributed by atoms with Gasteiger partial charge in [-0.1, -0.05) is 0 Å². The molecule has 1 aromatic carbocycles. The number of carbonyl (C=O) groups is 1. The predicted octanol–water partition coefficient (Wildman–Crippen LogP) is 1.18. The molecule has 0 spiro atoms. The van der Waals surface area contributed by atoms with Crippen LogP contribution in [0.15, 0.2) is 41.6 Å². The SMILES string of the molecule is CCn1cc(C(=O)Nc2ccc(S(=O)(=O)N3CCOCC3)cc2)cn1. The number of rotatable bonds is 5. The second kappa shape index (κ2) is 7.34. The zero-order valence-electron chi connectivity index (χ0n) is 13.9. The Hall–Kier alpha value is -2.23. The van der Waals surface area contributed by atoms with Crippen molar-refractivity contribution in [1.82, 2.24) is 14.1 Å². The second-order valence-corrected chi connectivity index (χ2v) is 7.52. The van der Waals surface area contributed by atoms with Crippen molar-refractivity contribution in [2.24, 2.45) is 0 Å². The van der Waals surface area contributed by atoms with Crippen LogP contribution in [-0.4, -0.2) is 54.7 Å². The lowest BCUT2D eigenvalue weighted by atomic mass is 10.3. The molecule has 9 heteroatoms. The molecular formula is C16H20N4O4S. The molecule has 2 aromatic rings. The summed E-state index contributed by atoms with van der Waals surface area (Å²) < 4.78 is 33.4. The Kier molecular flexibility index (Phi) is 5.16. The Morgan fingerprint density at radius 2 is 1.92 bits per heavy atom. The van der Waals surface area contributed by atoms with Crippen molar-refractivity contribution in [1.29, 1.82) is 0 Å². The maximum Gasteiger partial charge on any atom is 0.258 e. The van der Waals surface area contributed by atoms with Crippen molar-refractivity contribution in [3.8, 4) is 0 Å². The van der Waals surface area contributed by atoms with Gasteiger partial charge in [0.15, 0.2) is 0 Å². The van der Waals surface area contributed by atoms with Crippen molar-refractivity contribution in [2.45, 2.75) is 18.4 Å². The summed E-state index contributed by atoms with van der Waals surface area (Å²) in [5, 5.41) is 6.79. The molecular weight excluding hydrogens is 344 g/mol. The number of nitrogens with zero attached hydrogens (tertiary/aromatic N) is 3. The van der Waals surface area contributed by atoms with Gasteiger partial charge < -0.3 is 10.1 Å². The summed E-state index contributed by atoms with van der Waals surface area (Å²) in [6.45, 7) is 4.12. The van der Waals surface area contributed by atoms with E-state index >= 15 is 0 Å². The standard InChI is InChI=1S/C16H20N4O4S/c1-2-19-12-13(11-17-19)16(21)18-14-3-5-15(6-4-14)25(22,23)20-7-9-24-10-8-20/h3-6,11-12H,2,7-10H2,1H3,(H,18,21). The molecule has 0 saturated carbocycles. The molecule has 1 aliphatic rings. The highest BCUT2D eigenvalue weighted by atomic mass is 32.2. The minimum atomic E-state index is -3.53. The average Bonchev–Trinajstić information content (AvgIpc) is 3.12. The number of sulfonamides is 1. The van der Waals surface area contributed by atoms with Gasteiger partial charge in [0.1, 0.15) is 0 Å². The number of anilines is 1. The van der Waals surface area contributed by atoms with E-state index in [1.165, 1.54) is 22.6 Å². The Labute approximate surface area is 146 Å². The first-order chi connectivity index (χ1) is 12.0. The van der Waals surface area contributed by atoms with Gasteiger partial charge in [0.2, 0.25) is 10.0 Å². The smallest absolute Gasteiger partial charge is 0.258 e. The molecule has 3 rings (SSSR count). The zero-order valence-corrected chi connectivity index (χ0v) is 14.7. The number of aromatic nitrogens is 2. The van der Waals surface area contributed by atoms with Crippen LogP contribution in [0.3, 0.4) is 0 Å². The number of hydrogen-bond acceptors (Lipinski definition) is 5. The van der Waals surface area contributed by atoms with Gasteiger partial charge in [0.05, 0.1) is 29.9 Å². The van der Waals surface area contributed by atoms with E-state index in [-0.39, 0.29) is 10.8 Å². The largest absolute Gasteiger partial charge is 0.379 e. The van der Waals surface area contributed by atoms with E-state index in [9.17, 15) is 13.2 Å². The molecule has 0 bridgehead atoms. The van der Waals surface area contributed by atoms with E-state index in [0.29, 0.717) is 44.1 Å². The maximum atomic E-state index is 12.6. The number of benzene rings is 1. The molecule has 0 radical (unpaired) electrons. The van der Waals surface area contributed by atoms with Crippen LogP contribution in [-0.2, 0) is 21.3 Å². The molecule has 2 heterocycles. The number of hydrogen-bond donors (Lipinski definition) is 1. The van der Waals surface area contributed by atoms with Crippen molar-refractivity contribution in [2.75, 3.05) is 31.6 Å². The van der Waals surface area contributed by atoms with Gasteiger partial charge >= 0.3 is 0 Å². The molecule has 25 heavy (non-hydrogen) atoms. The minimum absolute atomic E-state index is 0.200. The fourth-order valence-corrected chi connectivity index (χ4v) is 3.91. The summed E-state index contributed by atoms with van der Waals surface area (Å²) in [7, 11) is -3.53. The number of amides is 1. The Bertz CT molecular complexity index is 839. The second-order valence-electron chi connectivity index (χ2n) is 5.58. The van der Waals surface area contributed by atoms with E-state index in [4.69, 9.17) is 4.74 Å². The number of carbonyl (C=O) groups excluding carboxylic acids is 1. The summed E-state index contributed by atoms with van der Waals surface area (Å²) in [5.41, 5.74) is 0.974. The third-order valence-electron chi connectivity index (χ3n) is 3.94. The Morgan fingerprint density at radius 1 is 1.24 bits per heavy atom. The van der Waals surface area contributed by atoms with Crippen LogP contribution in [0.5, 0.6) is 0 Å². The Balaban J connectivity index is 1.70. The van der Waals surface area contributed by atoms with Crippen molar-refractivity contribution in [3.63, 3.8) is 0 Å². The quantitative estimate of drug-likeness (QED) is 0.860. The summed E-state index contributed by atoms with van der Waals surface area (Å²) in [4.78, 5) is 12.4. The average molecular weight is 364 g/mol. The monoisotopic (exact) mass is 364 g/mol. The van der Waals surface area contributed by atoms with Crippen molar-refractivity contribution >= 4 is 21.6 Å². The molecule has 1 fully saturated rings. The Morgan fingerprint density at radius 3 is 2.52 bits per heavy atom. The molecule has 8 nitrogen and oxygen atoms in total. The lowest BCUT2D eigenvalue weighted by Crippen LogP contribution is -2.40. The van der Waals surface area contributed by atoms with Crippen molar-refractivity contribution < 1.29 is 17.9 Å². The molecule has 134 valence electrons. The van der Waals surface area contributed by atoms with Crippen LogP contribution < -0.4 is 5.32 Å². The van der Waals surface area contributed by atoms with Gasteiger partial charge in [-0.05, 0) is 31.2 Å². The maximum absolute atomic E-state index is 12.6. The summed E-state index contributed by atoms with van der Waals surface area (Å²) in [6.07, 6.45) is 3.16. The van der Waals surface area contributed by atoms with Gasteiger partial charge in [-0.25, -0.2) is 8.42 Å². The number of ether oxygens (including phenoxy) is 1. The lowest BCUT2D eigenvalue weighted by molar-refractivity contribution is 0.0730. The molecule has 0 atom stereocenters. The fourth-order valence-electron chi connectivity index (χ4n) is 2.50. The molecule has 0 aliphatic carbocycles. The van der Waals surface area contributed by atoms with Crippen LogP contribution >= 0.6 is 0 Å². The van der Waals surface area contributed by atoms with Gasteiger partial charge in [-0.2, -0.15) is 9.40 Å². The van der Waals surface area contributed by atoms with E-state index in [0.717, 1.165) is 0 Å². The van der Waals surface area contributed by atoms with E-state index in [1.807, 2.05) is 6.92 Å². The predicted molar refractivity (Wildman–Crippen MR) is 91.9 cm³/mol. The molecule has 1 aliphatic heterocycles. The van der Waals surface area contributed by atoms with Gasteiger partial charge in [0.25, 0.3) is 5.91 Å². The van der Waals surface area contributed by atoms with Crippen LogP contribution in [0.2, 0.25) is 0 Å². The molecule has 1 saturated heterocycles. The van der Waals surface area contributed by atoms with Crippen molar-refractivity contribution in [3.05, 3.63) is 42.2 Å². The van der Waals surface area contributed by atoms with Gasteiger partial charge in [-0.15, -0.1) is 0 Å². The third kappa shape index (κ3) is 3.89. The fraction of sp³-hybridized carbons (Fsp3) is 0.375. The zero-order chi connectivity index (χ0) is 17.9. The normalized spacial score (nSPS) is 15.9. The highest BCUT2D eigenvalue weighted by molar-refractivity contribution is 7.89. The highest BCUT2D eigenvalue weighted by Crippen LogP contribution is 2.19. The first kappa shape index (κ1) is 17.6. The number of aryl methyl sites for hydroxylation is 1. The molecule has 1 aromatic heterocycles.